The highest BCUT2D eigenvalue weighted by Crippen LogP contribution is 2.29. The normalized spacial score (nSPS) is 11.9. The fraction of sp³-hybridized carbons (Fsp3) is 0.263. The zero-order valence-corrected chi connectivity index (χ0v) is 15.1. The van der Waals surface area contributed by atoms with Crippen molar-refractivity contribution in [2.45, 2.75) is 18.9 Å². The third kappa shape index (κ3) is 4.09. The van der Waals surface area contributed by atoms with Crippen LogP contribution in [0.1, 0.15) is 29.4 Å². The van der Waals surface area contributed by atoms with Crippen molar-refractivity contribution in [3.63, 3.8) is 0 Å². The van der Waals surface area contributed by atoms with Gasteiger partial charge in [-0.05, 0) is 34.9 Å². The summed E-state index contributed by atoms with van der Waals surface area (Å²) in [5, 5.41) is 7.21. The molecule has 25 heavy (non-hydrogen) atoms. The number of nitrogens with zero attached hydrogens (tertiary/aromatic N) is 2. The van der Waals surface area contributed by atoms with Gasteiger partial charge in [-0.3, -0.25) is 4.79 Å². The quantitative estimate of drug-likeness (QED) is 0.707. The molecule has 1 aromatic carbocycles. The maximum atomic E-state index is 12.5. The van der Waals surface area contributed by atoms with Gasteiger partial charge in [-0.1, -0.05) is 18.2 Å². The van der Waals surface area contributed by atoms with Gasteiger partial charge < -0.3 is 14.6 Å². The van der Waals surface area contributed by atoms with E-state index in [0.29, 0.717) is 6.42 Å². The van der Waals surface area contributed by atoms with Gasteiger partial charge in [-0.2, -0.15) is 11.3 Å². The van der Waals surface area contributed by atoms with Crippen LogP contribution in [0.4, 0.5) is 0 Å². The number of hydrogen-bond acceptors (Lipinski definition) is 4. The lowest BCUT2D eigenvalue weighted by Gasteiger charge is -2.21. The van der Waals surface area contributed by atoms with E-state index in [1.165, 1.54) is 5.56 Å². The van der Waals surface area contributed by atoms with Gasteiger partial charge in [0, 0.05) is 31.4 Å². The summed E-state index contributed by atoms with van der Waals surface area (Å²) >= 11 is 1.65. The predicted octanol–water partition coefficient (Wildman–Crippen LogP) is 3.33. The van der Waals surface area contributed by atoms with Gasteiger partial charge in [0.05, 0.1) is 7.11 Å². The number of aryl methyl sites for hydroxylation is 2. The summed E-state index contributed by atoms with van der Waals surface area (Å²) in [7, 11) is 3.55. The Bertz CT molecular complexity index is 827. The number of thiophene rings is 1. The zero-order valence-electron chi connectivity index (χ0n) is 14.3. The monoisotopic (exact) mass is 355 g/mol. The summed E-state index contributed by atoms with van der Waals surface area (Å²) in [5.41, 5.74) is 2.08. The minimum Gasteiger partial charge on any atom is -0.496 e. The van der Waals surface area contributed by atoms with Crippen molar-refractivity contribution in [2.75, 3.05) is 7.11 Å². The van der Waals surface area contributed by atoms with Crippen molar-refractivity contribution in [2.24, 2.45) is 7.05 Å². The average molecular weight is 355 g/mol. The summed E-state index contributed by atoms with van der Waals surface area (Å²) in [6.07, 6.45) is 4.77. The molecule has 0 saturated carbocycles. The molecule has 3 aromatic rings. The van der Waals surface area contributed by atoms with Gasteiger partial charge in [-0.15, -0.1) is 0 Å². The minimum atomic E-state index is -0.355. The molecule has 0 bridgehead atoms. The third-order valence-electron chi connectivity index (χ3n) is 4.09. The number of benzene rings is 1. The standard InChI is InChI=1S/C19H21N3O2S/c1-22-11-10-20-19(22)18(15-5-3-4-6-16(15)24-2)21-17(23)8-7-14-9-12-25-13-14/h3-6,9-13,18H,7-8H2,1-2H3,(H,21,23). The fourth-order valence-electron chi connectivity index (χ4n) is 2.77. The molecule has 6 heteroatoms. The van der Waals surface area contributed by atoms with Crippen molar-refractivity contribution in [1.82, 2.24) is 14.9 Å². The first kappa shape index (κ1) is 17.2. The van der Waals surface area contributed by atoms with Crippen LogP contribution in [0.5, 0.6) is 5.75 Å². The average Bonchev–Trinajstić information content (AvgIpc) is 3.29. The molecule has 2 aromatic heterocycles. The first-order chi connectivity index (χ1) is 12.2. The third-order valence-corrected chi connectivity index (χ3v) is 4.82. The molecule has 0 radical (unpaired) electrons. The van der Waals surface area contributed by atoms with E-state index >= 15 is 0 Å². The molecule has 0 spiro atoms. The van der Waals surface area contributed by atoms with Crippen LogP contribution in [0.3, 0.4) is 0 Å². The zero-order chi connectivity index (χ0) is 17.6. The van der Waals surface area contributed by atoms with E-state index in [1.54, 1.807) is 24.6 Å². The lowest BCUT2D eigenvalue weighted by molar-refractivity contribution is -0.121. The number of carbonyl (C=O) groups is 1. The second-order valence-electron chi connectivity index (χ2n) is 5.77. The van der Waals surface area contributed by atoms with Crippen LogP contribution >= 0.6 is 11.3 Å². The van der Waals surface area contributed by atoms with Gasteiger partial charge in [-0.25, -0.2) is 4.98 Å². The SMILES string of the molecule is COc1ccccc1C(NC(=O)CCc1ccsc1)c1nccn1C. The van der Waals surface area contributed by atoms with Crippen LogP contribution < -0.4 is 10.1 Å². The van der Waals surface area contributed by atoms with Gasteiger partial charge in [0.2, 0.25) is 5.91 Å². The van der Waals surface area contributed by atoms with E-state index in [4.69, 9.17) is 4.74 Å². The Hall–Kier alpha value is -2.60. The number of hydrogen-bond donors (Lipinski definition) is 1. The Morgan fingerprint density at radius 2 is 2.20 bits per heavy atom. The molecule has 1 N–H and O–H groups in total. The predicted molar refractivity (Wildman–Crippen MR) is 98.8 cm³/mol. The number of nitrogens with one attached hydrogen (secondary N) is 1. The van der Waals surface area contributed by atoms with Crippen LogP contribution in [0.15, 0.2) is 53.5 Å². The number of amides is 1. The molecule has 0 aliphatic rings. The van der Waals surface area contributed by atoms with Crippen molar-refractivity contribution in [1.29, 1.82) is 0 Å². The fourth-order valence-corrected chi connectivity index (χ4v) is 3.47. The summed E-state index contributed by atoms with van der Waals surface area (Å²) in [5.74, 6) is 1.49. The molecule has 0 aliphatic heterocycles. The summed E-state index contributed by atoms with van der Waals surface area (Å²) in [6, 6.07) is 9.39. The highest BCUT2D eigenvalue weighted by Gasteiger charge is 2.23. The summed E-state index contributed by atoms with van der Waals surface area (Å²) in [6.45, 7) is 0. The molecule has 130 valence electrons. The van der Waals surface area contributed by atoms with Crippen molar-refractivity contribution >= 4 is 17.2 Å². The van der Waals surface area contributed by atoms with E-state index in [-0.39, 0.29) is 11.9 Å². The molecule has 0 saturated heterocycles. The van der Waals surface area contributed by atoms with Crippen LogP contribution in [-0.2, 0) is 18.3 Å². The van der Waals surface area contributed by atoms with Crippen molar-refractivity contribution in [3.8, 4) is 5.75 Å². The van der Waals surface area contributed by atoms with E-state index in [0.717, 1.165) is 23.6 Å². The molecular formula is C19H21N3O2S. The van der Waals surface area contributed by atoms with Crippen molar-refractivity contribution < 1.29 is 9.53 Å². The summed E-state index contributed by atoms with van der Waals surface area (Å²) in [4.78, 5) is 17.0. The molecular weight excluding hydrogens is 334 g/mol. The smallest absolute Gasteiger partial charge is 0.221 e. The minimum absolute atomic E-state index is 0.00916. The van der Waals surface area contributed by atoms with Gasteiger partial charge in [0.15, 0.2) is 0 Å². The number of carbonyl (C=O) groups excluding carboxylic acids is 1. The molecule has 1 amide bonds. The van der Waals surface area contributed by atoms with E-state index in [1.807, 2.05) is 47.5 Å². The van der Waals surface area contributed by atoms with Crippen LogP contribution in [0, 0.1) is 0 Å². The lowest BCUT2D eigenvalue weighted by atomic mass is 10.0. The molecule has 2 heterocycles. The molecule has 3 rings (SSSR count). The first-order valence-corrected chi connectivity index (χ1v) is 9.04. The van der Waals surface area contributed by atoms with Crippen molar-refractivity contribution in [3.05, 3.63) is 70.4 Å². The number of ether oxygens (including phenoxy) is 1. The van der Waals surface area contributed by atoms with E-state index < -0.39 is 0 Å². The van der Waals surface area contributed by atoms with Gasteiger partial charge >= 0.3 is 0 Å². The summed E-state index contributed by atoms with van der Waals surface area (Å²) < 4.78 is 7.39. The Kier molecular flexibility index (Phi) is 5.50. The highest BCUT2D eigenvalue weighted by molar-refractivity contribution is 7.07. The number of methoxy groups -OCH3 is 1. The molecule has 5 nitrogen and oxygen atoms in total. The second kappa shape index (κ2) is 7.98. The Balaban J connectivity index is 1.82. The van der Waals surface area contributed by atoms with Crippen LogP contribution in [0.2, 0.25) is 0 Å². The maximum absolute atomic E-state index is 12.5. The Labute approximate surface area is 151 Å². The first-order valence-electron chi connectivity index (χ1n) is 8.09. The largest absolute Gasteiger partial charge is 0.496 e. The number of aromatic nitrogens is 2. The molecule has 0 aliphatic carbocycles. The Morgan fingerprint density at radius 3 is 2.88 bits per heavy atom. The number of para-hydroxylation sites is 1. The van der Waals surface area contributed by atoms with E-state index in [2.05, 4.69) is 21.7 Å². The molecule has 1 atom stereocenters. The number of rotatable bonds is 7. The van der Waals surface area contributed by atoms with Crippen LogP contribution in [0.25, 0.3) is 0 Å². The molecule has 0 fully saturated rings. The number of imidazole rings is 1. The topological polar surface area (TPSA) is 56.1 Å². The maximum Gasteiger partial charge on any atom is 0.221 e. The van der Waals surface area contributed by atoms with Gasteiger partial charge in [0.25, 0.3) is 0 Å². The molecule has 1 unspecified atom stereocenters. The lowest BCUT2D eigenvalue weighted by Crippen LogP contribution is -2.31. The van der Waals surface area contributed by atoms with E-state index in [9.17, 15) is 4.79 Å². The highest BCUT2D eigenvalue weighted by atomic mass is 32.1. The Morgan fingerprint density at radius 1 is 1.36 bits per heavy atom. The van der Waals surface area contributed by atoms with Crippen LogP contribution in [-0.4, -0.2) is 22.6 Å². The second-order valence-corrected chi connectivity index (χ2v) is 6.55. The van der Waals surface area contributed by atoms with Gasteiger partial charge in [0.1, 0.15) is 17.6 Å².